The molecule has 0 bridgehead atoms. The second kappa shape index (κ2) is 5.85. The van der Waals surface area contributed by atoms with Crippen molar-refractivity contribution >= 4 is 11.5 Å². The van der Waals surface area contributed by atoms with Gasteiger partial charge in [-0.05, 0) is 44.5 Å². The highest BCUT2D eigenvalue weighted by Crippen LogP contribution is 2.24. The Kier molecular flexibility index (Phi) is 4.17. The van der Waals surface area contributed by atoms with E-state index in [0.29, 0.717) is 0 Å². The molecule has 0 fully saturated rings. The number of anilines is 2. The number of hydrogen-bond acceptors (Lipinski definition) is 3. The van der Waals surface area contributed by atoms with E-state index in [9.17, 15) is 5.11 Å². The molecule has 0 spiro atoms. The predicted molar refractivity (Wildman–Crippen MR) is 78.7 cm³/mol. The summed E-state index contributed by atoms with van der Waals surface area (Å²) in [5.41, 5.74) is 3.21. The lowest BCUT2D eigenvalue weighted by atomic mass is 10.2. The highest BCUT2D eigenvalue weighted by atomic mass is 16.3. The second-order valence-corrected chi connectivity index (χ2v) is 4.71. The van der Waals surface area contributed by atoms with Crippen LogP contribution in [-0.2, 0) is 0 Å². The van der Waals surface area contributed by atoms with Crippen molar-refractivity contribution in [3.05, 3.63) is 53.7 Å². The monoisotopic (exact) mass is 256 g/mol. The molecule has 0 radical (unpaired) electrons. The van der Waals surface area contributed by atoms with E-state index in [4.69, 9.17) is 0 Å². The van der Waals surface area contributed by atoms with Gasteiger partial charge in [0.25, 0.3) is 0 Å². The van der Waals surface area contributed by atoms with Gasteiger partial charge in [0, 0.05) is 18.4 Å². The van der Waals surface area contributed by atoms with Gasteiger partial charge >= 0.3 is 0 Å². The standard InChI is InChI=1S/C16H20N2O/c1-4-18(15-8-5-12(2)6-9-15)16-10-7-14(11-17-16)13(3)19/h5-11,13,19H,4H2,1-3H3/t13-/m0/s1. The molecule has 0 saturated carbocycles. The molecule has 0 amide bonds. The average molecular weight is 256 g/mol. The lowest BCUT2D eigenvalue weighted by Gasteiger charge is -2.22. The highest BCUT2D eigenvalue weighted by molar-refractivity contribution is 5.60. The highest BCUT2D eigenvalue weighted by Gasteiger charge is 2.09. The van der Waals surface area contributed by atoms with Gasteiger partial charge in [0.2, 0.25) is 0 Å². The van der Waals surface area contributed by atoms with Gasteiger partial charge in [0.05, 0.1) is 6.10 Å². The molecule has 1 atom stereocenters. The van der Waals surface area contributed by atoms with Gasteiger partial charge in [-0.3, -0.25) is 0 Å². The fourth-order valence-electron chi connectivity index (χ4n) is 2.01. The van der Waals surface area contributed by atoms with Gasteiger partial charge < -0.3 is 10.0 Å². The van der Waals surface area contributed by atoms with Crippen LogP contribution in [0.15, 0.2) is 42.6 Å². The molecule has 0 aliphatic rings. The molecular formula is C16H20N2O. The van der Waals surface area contributed by atoms with Gasteiger partial charge in [-0.25, -0.2) is 4.98 Å². The van der Waals surface area contributed by atoms with Crippen molar-refractivity contribution in [1.82, 2.24) is 4.98 Å². The Hall–Kier alpha value is -1.87. The molecule has 1 aromatic carbocycles. The minimum absolute atomic E-state index is 0.476. The topological polar surface area (TPSA) is 36.4 Å². The smallest absolute Gasteiger partial charge is 0.132 e. The van der Waals surface area contributed by atoms with E-state index < -0.39 is 6.10 Å². The Morgan fingerprint density at radius 2 is 1.84 bits per heavy atom. The van der Waals surface area contributed by atoms with Crippen LogP contribution in [0.4, 0.5) is 11.5 Å². The largest absolute Gasteiger partial charge is 0.389 e. The fourth-order valence-corrected chi connectivity index (χ4v) is 2.01. The van der Waals surface area contributed by atoms with Crippen molar-refractivity contribution in [2.24, 2.45) is 0 Å². The maximum Gasteiger partial charge on any atom is 0.132 e. The third-order valence-electron chi connectivity index (χ3n) is 3.19. The molecule has 2 aromatic rings. The predicted octanol–water partition coefficient (Wildman–Crippen LogP) is 3.60. The third kappa shape index (κ3) is 3.12. The Morgan fingerprint density at radius 1 is 1.16 bits per heavy atom. The first-order valence-corrected chi connectivity index (χ1v) is 6.60. The number of aryl methyl sites for hydroxylation is 1. The molecule has 0 aliphatic carbocycles. The van der Waals surface area contributed by atoms with Gasteiger partial charge in [-0.15, -0.1) is 0 Å². The van der Waals surface area contributed by atoms with Crippen molar-refractivity contribution in [3.63, 3.8) is 0 Å². The quantitative estimate of drug-likeness (QED) is 0.908. The molecule has 1 heterocycles. The fraction of sp³-hybridized carbons (Fsp3) is 0.312. The van der Waals surface area contributed by atoms with Crippen molar-refractivity contribution in [3.8, 4) is 0 Å². The molecule has 100 valence electrons. The van der Waals surface area contributed by atoms with Crippen molar-refractivity contribution in [2.45, 2.75) is 26.9 Å². The van der Waals surface area contributed by atoms with E-state index in [1.807, 2.05) is 12.1 Å². The van der Waals surface area contributed by atoms with Gasteiger partial charge in [-0.2, -0.15) is 0 Å². The van der Waals surface area contributed by atoms with Crippen LogP contribution in [0.1, 0.15) is 31.1 Å². The summed E-state index contributed by atoms with van der Waals surface area (Å²) in [6.45, 7) is 6.78. The summed E-state index contributed by atoms with van der Waals surface area (Å²) in [5.74, 6) is 0.899. The van der Waals surface area contributed by atoms with E-state index in [1.165, 1.54) is 5.56 Å². The number of aliphatic hydroxyl groups is 1. The van der Waals surface area contributed by atoms with Crippen LogP contribution in [0.2, 0.25) is 0 Å². The van der Waals surface area contributed by atoms with Crippen LogP contribution < -0.4 is 4.90 Å². The third-order valence-corrected chi connectivity index (χ3v) is 3.19. The van der Waals surface area contributed by atoms with E-state index in [2.05, 4.69) is 48.0 Å². The first-order valence-electron chi connectivity index (χ1n) is 6.60. The lowest BCUT2D eigenvalue weighted by molar-refractivity contribution is 0.199. The van der Waals surface area contributed by atoms with Crippen LogP contribution in [0, 0.1) is 6.92 Å². The van der Waals surface area contributed by atoms with Gasteiger partial charge in [-0.1, -0.05) is 23.8 Å². The molecule has 1 aromatic heterocycles. The molecule has 0 unspecified atom stereocenters. The molecule has 3 nitrogen and oxygen atoms in total. The SMILES string of the molecule is CCN(c1ccc(C)cc1)c1ccc([C@H](C)O)cn1. The minimum atomic E-state index is -0.476. The molecular weight excluding hydrogens is 236 g/mol. The molecule has 1 N–H and O–H groups in total. The summed E-state index contributed by atoms with van der Waals surface area (Å²) < 4.78 is 0. The van der Waals surface area contributed by atoms with Crippen LogP contribution >= 0.6 is 0 Å². The molecule has 19 heavy (non-hydrogen) atoms. The number of hydrogen-bond donors (Lipinski definition) is 1. The summed E-state index contributed by atoms with van der Waals surface area (Å²) in [4.78, 5) is 6.58. The number of rotatable bonds is 4. The van der Waals surface area contributed by atoms with E-state index in [-0.39, 0.29) is 0 Å². The lowest BCUT2D eigenvalue weighted by Crippen LogP contribution is -2.17. The van der Waals surface area contributed by atoms with E-state index >= 15 is 0 Å². The number of benzene rings is 1. The normalized spacial score (nSPS) is 12.2. The maximum atomic E-state index is 9.50. The Morgan fingerprint density at radius 3 is 2.32 bits per heavy atom. The van der Waals surface area contributed by atoms with E-state index in [1.54, 1.807) is 13.1 Å². The first-order chi connectivity index (χ1) is 9.11. The first kappa shape index (κ1) is 13.6. The number of aromatic nitrogens is 1. The maximum absolute atomic E-state index is 9.50. The zero-order valence-electron chi connectivity index (χ0n) is 11.7. The number of pyridine rings is 1. The Bertz CT molecular complexity index is 517. The number of nitrogens with zero attached hydrogens (tertiary/aromatic N) is 2. The summed E-state index contributed by atoms with van der Waals surface area (Å²) in [6.07, 6.45) is 1.26. The molecule has 3 heteroatoms. The van der Waals surface area contributed by atoms with Crippen LogP contribution in [0.3, 0.4) is 0 Å². The van der Waals surface area contributed by atoms with Crippen molar-refractivity contribution in [1.29, 1.82) is 0 Å². The summed E-state index contributed by atoms with van der Waals surface area (Å²) in [5, 5.41) is 9.50. The summed E-state index contributed by atoms with van der Waals surface area (Å²) in [7, 11) is 0. The zero-order chi connectivity index (χ0) is 13.8. The molecule has 2 rings (SSSR count). The summed E-state index contributed by atoms with van der Waals surface area (Å²) in [6, 6.07) is 12.3. The Labute approximate surface area is 114 Å². The summed E-state index contributed by atoms with van der Waals surface area (Å²) >= 11 is 0. The van der Waals surface area contributed by atoms with Crippen LogP contribution in [0.5, 0.6) is 0 Å². The van der Waals surface area contributed by atoms with Gasteiger partial charge in [0.15, 0.2) is 0 Å². The van der Waals surface area contributed by atoms with Crippen molar-refractivity contribution in [2.75, 3.05) is 11.4 Å². The van der Waals surface area contributed by atoms with Gasteiger partial charge in [0.1, 0.15) is 5.82 Å². The molecule has 0 aliphatic heterocycles. The molecule has 0 saturated heterocycles. The minimum Gasteiger partial charge on any atom is -0.389 e. The Balaban J connectivity index is 2.28. The van der Waals surface area contributed by atoms with Crippen LogP contribution in [0.25, 0.3) is 0 Å². The van der Waals surface area contributed by atoms with Crippen molar-refractivity contribution < 1.29 is 5.11 Å². The zero-order valence-corrected chi connectivity index (χ0v) is 11.7. The second-order valence-electron chi connectivity index (χ2n) is 4.71. The van der Waals surface area contributed by atoms with Crippen LogP contribution in [-0.4, -0.2) is 16.6 Å². The average Bonchev–Trinajstić information content (AvgIpc) is 2.42. The van der Waals surface area contributed by atoms with E-state index in [0.717, 1.165) is 23.6 Å². The number of aliphatic hydroxyl groups excluding tert-OH is 1.